The SMILES string of the molecule is CS(=O)(=O)N(Cc1ccccc1Cl)c1ccc(C(=O)N/N=C/c2ccc(OCC(=O)N3CCOCC3)cc2)cc1. The number of morpholine rings is 1. The van der Waals surface area contributed by atoms with Crippen molar-refractivity contribution in [1.29, 1.82) is 0 Å². The van der Waals surface area contributed by atoms with Gasteiger partial charge in [0.25, 0.3) is 11.8 Å². The maximum Gasteiger partial charge on any atom is 0.271 e. The summed E-state index contributed by atoms with van der Waals surface area (Å²) >= 11 is 6.21. The first-order valence-electron chi connectivity index (χ1n) is 12.4. The van der Waals surface area contributed by atoms with Gasteiger partial charge in [-0.2, -0.15) is 5.10 Å². The van der Waals surface area contributed by atoms with E-state index in [2.05, 4.69) is 10.5 Å². The van der Waals surface area contributed by atoms with E-state index in [1.807, 2.05) is 0 Å². The van der Waals surface area contributed by atoms with Crippen molar-refractivity contribution in [2.75, 3.05) is 43.5 Å². The van der Waals surface area contributed by atoms with Crippen molar-refractivity contribution in [2.45, 2.75) is 6.54 Å². The third-order valence-electron chi connectivity index (χ3n) is 6.08. The zero-order valence-electron chi connectivity index (χ0n) is 21.8. The number of nitrogens with zero attached hydrogens (tertiary/aromatic N) is 3. The molecule has 1 N–H and O–H groups in total. The molecular weight excluding hydrogens is 556 g/mol. The molecule has 0 bridgehead atoms. The first kappa shape index (κ1) is 29.1. The fourth-order valence-corrected chi connectivity index (χ4v) is 4.96. The number of nitrogens with one attached hydrogen (secondary N) is 1. The number of benzene rings is 3. The Morgan fingerprint density at radius 1 is 1.05 bits per heavy atom. The summed E-state index contributed by atoms with van der Waals surface area (Å²) in [5.74, 6) is -0.00347. The fraction of sp³-hybridized carbons (Fsp3) is 0.250. The molecule has 1 aliphatic rings. The van der Waals surface area contributed by atoms with E-state index in [9.17, 15) is 18.0 Å². The first-order chi connectivity index (χ1) is 19.2. The number of sulfonamides is 1. The van der Waals surface area contributed by atoms with Crippen LogP contribution in [0.4, 0.5) is 5.69 Å². The van der Waals surface area contributed by atoms with Gasteiger partial charge in [0.05, 0.1) is 37.9 Å². The van der Waals surface area contributed by atoms with Crippen LogP contribution in [0.15, 0.2) is 77.9 Å². The first-order valence-corrected chi connectivity index (χ1v) is 14.7. The molecule has 0 spiro atoms. The summed E-state index contributed by atoms with van der Waals surface area (Å²) in [6.07, 6.45) is 2.59. The van der Waals surface area contributed by atoms with E-state index < -0.39 is 15.9 Å². The third-order valence-corrected chi connectivity index (χ3v) is 7.58. The fourth-order valence-electron chi connectivity index (χ4n) is 3.89. The Balaban J connectivity index is 1.30. The van der Waals surface area contributed by atoms with E-state index in [1.54, 1.807) is 65.6 Å². The summed E-state index contributed by atoms with van der Waals surface area (Å²) in [5.41, 5.74) is 4.53. The van der Waals surface area contributed by atoms with Crippen LogP contribution in [0, 0.1) is 0 Å². The number of rotatable bonds is 10. The molecule has 1 saturated heterocycles. The largest absolute Gasteiger partial charge is 0.484 e. The lowest BCUT2D eigenvalue weighted by atomic mass is 10.2. The number of anilines is 1. The van der Waals surface area contributed by atoms with Gasteiger partial charge in [-0.3, -0.25) is 13.9 Å². The maximum atomic E-state index is 12.5. The molecule has 0 atom stereocenters. The normalized spacial score (nSPS) is 13.7. The molecule has 2 amide bonds. The summed E-state index contributed by atoms with van der Waals surface area (Å²) in [4.78, 5) is 26.4. The number of halogens is 1. The molecule has 0 radical (unpaired) electrons. The van der Waals surface area contributed by atoms with Crippen molar-refractivity contribution in [3.05, 3.63) is 94.5 Å². The molecule has 4 rings (SSSR count). The van der Waals surface area contributed by atoms with Gasteiger partial charge in [0.15, 0.2) is 6.61 Å². The smallest absolute Gasteiger partial charge is 0.271 e. The van der Waals surface area contributed by atoms with Crippen LogP contribution in [0.25, 0.3) is 0 Å². The van der Waals surface area contributed by atoms with Gasteiger partial charge < -0.3 is 14.4 Å². The van der Waals surface area contributed by atoms with E-state index in [4.69, 9.17) is 21.1 Å². The predicted octanol–water partition coefficient (Wildman–Crippen LogP) is 3.31. The van der Waals surface area contributed by atoms with Crippen LogP contribution in [0.1, 0.15) is 21.5 Å². The number of hydrazone groups is 1. The molecule has 0 aromatic heterocycles. The van der Waals surface area contributed by atoms with Gasteiger partial charge in [-0.15, -0.1) is 0 Å². The second kappa shape index (κ2) is 13.4. The highest BCUT2D eigenvalue weighted by Gasteiger charge is 2.20. The zero-order valence-corrected chi connectivity index (χ0v) is 23.4. The number of ether oxygens (including phenoxy) is 2. The molecule has 1 aliphatic heterocycles. The summed E-state index contributed by atoms with van der Waals surface area (Å²) in [6, 6.07) is 20.1. The van der Waals surface area contributed by atoms with E-state index in [1.165, 1.54) is 22.7 Å². The average molecular weight is 585 g/mol. The number of carbonyl (C=O) groups is 2. The lowest BCUT2D eigenvalue weighted by Gasteiger charge is -2.26. The average Bonchev–Trinajstić information content (AvgIpc) is 2.96. The van der Waals surface area contributed by atoms with Crippen molar-refractivity contribution in [2.24, 2.45) is 5.10 Å². The van der Waals surface area contributed by atoms with E-state index in [0.29, 0.717) is 59.5 Å². The summed E-state index contributed by atoms with van der Waals surface area (Å²) < 4.78 is 36.9. The van der Waals surface area contributed by atoms with Gasteiger partial charge in [-0.1, -0.05) is 29.8 Å². The molecule has 1 fully saturated rings. The predicted molar refractivity (Wildman–Crippen MR) is 153 cm³/mol. The molecule has 0 saturated carbocycles. The molecule has 3 aromatic rings. The molecule has 1 heterocycles. The molecule has 0 unspecified atom stereocenters. The Labute approximate surface area is 238 Å². The van der Waals surface area contributed by atoms with Crippen LogP contribution in [0.2, 0.25) is 5.02 Å². The van der Waals surface area contributed by atoms with Crippen molar-refractivity contribution >= 4 is 45.3 Å². The molecule has 3 aromatic carbocycles. The maximum absolute atomic E-state index is 12.5. The van der Waals surface area contributed by atoms with Crippen LogP contribution < -0.4 is 14.5 Å². The minimum Gasteiger partial charge on any atom is -0.484 e. The molecular formula is C28H29ClN4O6S. The molecule has 0 aliphatic carbocycles. The van der Waals surface area contributed by atoms with Crippen molar-refractivity contribution in [3.63, 3.8) is 0 Å². The lowest BCUT2D eigenvalue weighted by molar-refractivity contribution is -0.137. The Bertz CT molecular complexity index is 1460. The van der Waals surface area contributed by atoms with E-state index in [0.717, 1.165) is 6.26 Å². The minimum atomic E-state index is -3.61. The van der Waals surface area contributed by atoms with Gasteiger partial charge >= 0.3 is 0 Å². The zero-order chi connectivity index (χ0) is 28.5. The van der Waals surface area contributed by atoms with Crippen LogP contribution >= 0.6 is 11.6 Å². The van der Waals surface area contributed by atoms with Crippen molar-refractivity contribution < 1.29 is 27.5 Å². The number of amides is 2. The van der Waals surface area contributed by atoms with Crippen LogP contribution in [-0.4, -0.2) is 70.5 Å². The Morgan fingerprint density at radius 2 is 1.73 bits per heavy atom. The van der Waals surface area contributed by atoms with Gasteiger partial charge in [0, 0.05) is 23.7 Å². The Hall–Kier alpha value is -3.93. The number of hydrogen-bond acceptors (Lipinski definition) is 7. The van der Waals surface area contributed by atoms with Crippen molar-refractivity contribution in [3.8, 4) is 5.75 Å². The van der Waals surface area contributed by atoms with Crippen LogP contribution in [0.3, 0.4) is 0 Å². The highest BCUT2D eigenvalue weighted by molar-refractivity contribution is 7.92. The summed E-state index contributed by atoms with van der Waals surface area (Å²) in [7, 11) is -3.61. The highest BCUT2D eigenvalue weighted by atomic mass is 35.5. The second-order valence-corrected chi connectivity index (χ2v) is 11.3. The number of hydrogen-bond donors (Lipinski definition) is 1. The number of carbonyl (C=O) groups excluding carboxylic acids is 2. The topological polar surface area (TPSA) is 118 Å². The molecule has 40 heavy (non-hydrogen) atoms. The van der Waals surface area contributed by atoms with Crippen molar-refractivity contribution in [1.82, 2.24) is 10.3 Å². The lowest BCUT2D eigenvalue weighted by Crippen LogP contribution is -2.42. The molecule has 10 nitrogen and oxygen atoms in total. The minimum absolute atomic E-state index is 0.0514. The van der Waals surface area contributed by atoms with Crippen LogP contribution in [-0.2, 0) is 26.1 Å². The Kier molecular flexibility index (Phi) is 9.75. The molecule has 12 heteroatoms. The second-order valence-electron chi connectivity index (χ2n) is 8.96. The van der Waals surface area contributed by atoms with E-state index >= 15 is 0 Å². The third kappa shape index (κ3) is 8.04. The summed E-state index contributed by atoms with van der Waals surface area (Å²) in [6.45, 7) is 2.21. The van der Waals surface area contributed by atoms with Gasteiger partial charge in [0.1, 0.15) is 5.75 Å². The van der Waals surface area contributed by atoms with Gasteiger partial charge in [-0.05, 0) is 65.7 Å². The van der Waals surface area contributed by atoms with Gasteiger partial charge in [0.2, 0.25) is 10.0 Å². The molecule has 210 valence electrons. The quantitative estimate of drug-likeness (QED) is 0.289. The standard InChI is InChI=1S/C28H29ClN4O6S/c1-40(36,37)33(19-23-4-2-3-5-26(23)29)24-10-8-22(9-11-24)28(35)31-30-18-21-6-12-25(13-7-21)39-20-27(34)32-14-16-38-17-15-32/h2-13,18H,14-17,19-20H2,1H3,(H,31,35)/b30-18+. The van der Waals surface area contributed by atoms with Gasteiger partial charge in [-0.25, -0.2) is 13.8 Å². The van der Waals surface area contributed by atoms with E-state index in [-0.39, 0.29) is 19.1 Å². The monoisotopic (exact) mass is 584 g/mol. The van der Waals surface area contributed by atoms with Crippen LogP contribution in [0.5, 0.6) is 5.75 Å². The highest BCUT2D eigenvalue weighted by Crippen LogP contribution is 2.24. The Morgan fingerprint density at radius 3 is 2.38 bits per heavy atom. The summed E-state index contributed by atoms with van der Waals surface area (Å²) in [5, 5.41) is 4.45.